The summed E-state index contributed by atoms with van der Waals surface area (Å²) in [6, 6.07) is 13.9. The van der Waals surface area contributed by atoms with Crippen LogP contribution in [-0.4, -0.2) is 72.4 Å². The van der Waals surface area contributed by atoms with Crippen LogP contribution in [0.1, 0.15) is 22.5 Å². The number of nitrogens with one attached hydrogen (secondary N) is 2. The van der Waals surface area contributed by atoms with Crippen molar-refractivity contribution in [2.75, 3.05) is 37.7 Å². The highest BCUT2D eigenvalue weighted by Crippen LogP contribution is 2.36. The Balaban J connectivity index is 0.000000406. The second-order valence-corrected chi connectivity index (χ2v) is 8.78. The molecule has 1 aromatic carbocycles. The van der Waals surface area contributed by atoms with Gasteiger partial charge < -0.3 is 25.5 Å². The molecule has 12 heteroatoms. The molecule has 0 aliphatic carbocycles. The zero-order valence-electron chi connectivity index (χ0n) is 18.2. The molecule has 2 aliphatic heterocycles. The number of likely N-dealkylation sites (tertiary alicyclic amines) is 1. The first-order valence-corrected chi connectivity index (χ1v) is 11.5. The van der Waals surface area contributed by atoms with Crippen LogP contribution in [-0.2, 0) is 9.59 Å². The van der Waals surface area contributed by atoms with Crippen molar-refractivity contribution in [3.63, 3.8) is 0 Å². The SMILES string of the molecule is O=C(NCCN1CCC2(CC1)C(=O)NCN2c1ccccc1)c1cccs1.O=C(O)C(F)(F)F. The number of piperidine rings is 1. The van der Waals surface area contributed by atoms with Crippen LogP contribution in [0.2, 0.25) is 0 Å². The molecule has 2 fully saturated rings. The Bertz CT molecular complexity index is 978. The number of hydrogen-bond acceptors (Lipinski definition) is 6. The van der Waals surface area contributed by atoms with Crippen molar-refractivity contribution >= 4 is 34.8 Å². The molecule has 3 heterocycles. The van der Waals surface area contributed by atoms with Crippen molar-refractivity contribution in [2.24, 2.45) is 0 Å². The van der Waals surface area contributed by atoms with E-state index in [2.05, 4.69) is 32.6 Å². The fourth-order valence-corrected chi connectivity index (χ4v) is 4.64. The summed E-state index contributed by atoms with van der Waals surface area (Å²) in [5, 5.41) is 15.0. The maximum absolute atomic E-state index is 12.6. The molecule has 2 aromatic rings. The molecule has 2 amide bonds. The first-order valence-electron chi connectivity index (χ1n) is 10.6. The lowest BCUT2D eigenvalue weighted by Gasteiger charge is -2.43. The van der Waals surface area contributed by atoms with Gasteiger partial charge in [-0.2, -0.15) is 13.2 Å². The van der Waals surface area contributed by atoms with Crippen LogP contribution in [0.3, 0.4) is 0 Å². The predicted molar refractivity (Wildman–Crippen MR) is 121 cm³/mol. The van der Waals surface area contributed by atoms with Gasteiger partial charge in [0.15, 0.2) is 0 Å². The fraction of sp³-hybridized carbons (Fsp3) is 0.409. The van der Waals surface area contributed by atoms with E-state index in [9.17, 15) is 22.8 Å². The summed E-state index contributed by atoms with van der Waals surface area (Å²) in [6.45, 7) is 3.70. The first-order chi connectivity index (χ1) is 16.1. The second kappa shape index (κ2) is 10.9. The highest BCUT2D eigenvalue weighted by molar-refractivity contribution is 7.12. The second-order valence-electron chi connectivity index (χ2n) is 7.84. The number of benzene rings is 1. The molecule has 184 valence electrons. The van der Waals surface area contributed by atoms with Gasteiger partial charge in [0.2, 0.25) is 5.91 Å². The Morgan fingerprint density at radius 3 is 2.32 bits per heavy atom. The molecule has 0 saturated carbocycles. The number of rotatable bonds is 5. The normalized spacial score (nSPS) is 17.6. The highest BCUT2D eigenvalue weighted by atomic mass is 32.1. The van der Waals surface area contributed by atoms with E-state index in [-0.39, 0.29) is 11.8 Å². The molecule has 8 nitrogen and oxygen atoms in total. The minimum atomic E-state index is -5.08. The lowest BCUT2D eigenvalue weighted by atomic mass is 9.85. The van der Waals surface area contributed by atoms with Crippen LogP contribution in [0.15, 0.2) is 47.8 Å². The molecule has 34 heavy (non-hydrogen) atoms. The quantitative estimate of drug-likeness (QED) is 0.586. The predicted octanol–water partition coefficient (Wildman–Crippen LogP) is 2.54. The van der Waals surface area contributed by atoms with Crippen molar-refractivity contribution in [1.29, 1.82) is 0 Å². The van der Waals surface area contributed by atoms with Gasteiger partial charge in [-0.3, -0.25) is 9.59 Å². The molecule has 0 unspecified atom stereocenters. The average molecular weight is 499 g/mol. The lowest BCUT2D eigenvalue weighted by Crippen LogP contribution is -2.57. The third kappa shape index (κ3) is 6.06. The van der Waals surface area contributed by atoms with Crippen molar-refractivity contribution < 1.29 is 32.7 Å². The number of para-hydroxylation sites is 1. The molecule has 0 radical (unpaired) electrons. The number of carbonyl (C=O) groups excluding carboxylic acids is 2. The molecule has 0 bridgehead atoms. The monoisotopic (exact) mass is 498 g/mol. The average Bonchev–Trinajstić information content (AvgIpc) is 3.45. The number of alkyl halides is 3. The van der Waals surface area contributed by atoms with Crippen LogP contribution in [0.4, 0.5) is 18.9 Å². The number of halogens is 3. The molecule has 3 N–H and O–H groups in total. The Kier molecular flexibility index (Phi) is 8.15. The lowest BCUT2D eigenvalue weighted by molar-refractivity contribution is -0.192. The molecule has 2 aliphatic rings. The van der Waals surface area contributed by atoms with Crippen LogP contribution in [0, 0.1) is 0 Å². The number of carbonyl (C=O) groups is 3. The Labute approximate surface area is 198 Å². The number of amides is 2. The van der Waals surface area contributed by atoms with E-state index in [1.807, 2.05) is 35.7 Å². The summed E-state index contributed by atoms with van der Waals surface area (Å²) in [5.41, 5.74) is 0.644. The van der Waals surface area contributed by atoms with Gasteiger partial charge >= 0.3 is 12.1 Å². The molecule has 1 spiro atoms. The van der Waals surface area contributed by atoms with Gasteiger partial charge in [0.05, 0.1) is 11.5 Å². The van der Waals surface area contributed by atoms with Crippen LogP contribution < -0.4 is 15.5 Å². The Morgan fingerprint density at radius 2 is 1.76 bits per heavy atom. The first kappa shape index (κ1) is 25.5. The number of thiophene rings is 1. The van der Waals surface area contributed by atoms with Gasteiger partial charge in [-0.25, -0.2) is 4.79 Å². The number of carboxylic acids is 1. The molecular formula is C22H25F3N4O4S. The van der Waals surface area contributed by atoms with Crippen LogP contribution in [0.25, 0.3) is 0 Å². The standard InChI is InChI=1S/C20H24N4O2S.C2HF3O2/c25-18(17-7-4-14-27-17)21-10-13-23-11-8-20(9-12-23)19(26)22-15-24(20)16-5-2-1-3-6-16;3-2(4,5)1(6)7/h1-7,14H,8-13,15H2,(H,21,25)(H,22,26);(H,6,7). The molecule has 0 atom stereocenters. The molecule has 4 rings (SSSR count). The van der Waals surface area contributed by atoms with E-state index >= 15 is 0 Å². The number of carboxylic acid groups (broad SMARTS) is 1. The smallest absolute Gasteiger partial charge is 0.475 e. The number of hydrogen-bond donors (Lipinski definition) is 3. The van der Waals surface area contributed by atoms with E-state index < -0.39 is 17.7 Å². The molecule has 2 saturated heterocycles. The van der Waals surface area contributed by atoms with Gasteiger partial charge in [-0.1, -0.05) is 24.3 Å². The largest absolute Gasteiger partial charge is 0.490 e. The molecular weight excluding hydrogens is 473 g/mol. The Morgan fingerprint density at radius 1 is 1.12 bits per heavy atom. The number of nitrogens with zero attached hydrogens (tertiary/aromatic N) is 2. The minimum absolute atomic E-state index is 0.0103. The zero-order valence-corrected chi connectivity index (χ0v) is 19.0. The van der Waals surface area contributed by atoms with E-state index in [0.717, 1.165) is 43.0 Å². The zero-order chi connectivity index (χ0) is 24.8. The van der Waals surface area contributed by atoms with Crippen LogP contribution in [0.5, 0.6) is 0 Å². The summed E-state index contributed by atoms with van der Waals surface area (Å²) in [6.07, 6.45) is -3.49. The summed E-state index contributed by atoms with van der Waals surface area (Å²) in [7, 11) is 0. The third-order valence-corrected chi connectivity index (χ3v) is 6.66. The Hall–Kier alpha value is -3.12. The summed E-state index contributed by atoms with van der Waals surface area (Å²) in [5.74, 6) is -2.63. The summed E-state index contributed by atoms with van der Waals surface area (Å²) >= 11 is 1.45. The summed E-state index contributed by atoms with van der Waals surface area (Å²) < 4.78 is 31.7. The fourth-order valence-electron chi connectivity index (χ4n) is 4.00. The van der Waals surface area contributed by atoms with E-state index in [1.54, 1.807) is 0 Å². The van der Waals surface area contributed by atoms with Gasteiger partial charge in [0.25, 0.3) is 5.91 Å². The third-order valence-electron chi connectivity index (χ3n) is 5.79. The minimum Gasteiger partial charge on any atom is -0.475 e. The van der Waals surface area contributed by atoms with Crippen molar-refractivity contribution in [2.45, 2.75) is 24.6 Å². The molecule has 1 aromatic heterocycles. The van der Waals surface area contributed by atoms with E-state index in [1.165, 1.54) is 11.3 Å². The van der Waals surface area contributed by atoms with Crippen molar-refractivity contribution in [1.82, 2.24) is 15.5 Å². The van der Waals surface area contributed by atoms with Gasteiger partial charge in [0, 0.05) is 31.9 Å². The summed E-state index contributed by atoms with van der Waals surface area (Å²) in [4.78, 5) is 38.8. The maximum Gasteiger partial charge on any atom is 0.490 e. The van der Waals surface area contributed by atoms with E-state index in [0.29, 0.717) is 13.2 Å². The van der Waals surface area contributed by atoms with Gasteiger partial charge in [-0.15, -0.1) is 11.3 Å². The maximum atomic E-state index is 12.6. The van der Waals surface area contributed by atoms with Gasteiger partial charge in [0.1, 0.15) is 5.54 Å². The van der Waals surface area contributed by atoms with Crippen molar-refractivity contribution in [3.8, 4) is 0 Å². The van der Waals surface area contributed by atoms with Crippen LogP contribution >= 0.6 is 11.3 Å². The van der Waals surface area contributed by atoms with Crippen molar-refractivity contribution in [3.05, 3.63) is 52.7 Å². The number of anilines is 1. The van der Waals surface area contributed by atoms with E-state index in [4.69, 9.17) is 9.90 Å². The number of aliphatic carboxylic acids is 1. The van der Waals surface area contributed by atoms with Gasteiger partial charge in [-0.05, 0) is 36.4 Å². The highest BCUT2D eigenvalue weighted by Gasteiger charge is 2.50. The topological polar surface area (TPSA) is 102 Å².